The molecular weight excluding hydrogens is 230 g/mol. The first-order chi connectivity index (χ1) is 8.63. The maximum atomic E-state index is 11.7. The van der Waals surface area contributed by atoms with E-state index >= 15 is 0 Å². The van der Waals surface area contributed by atoms with E-state index in [0.717, 1.165) is 39.0 Å². The Bertz CT molecular complexity index is 289. The van der Waals surface area contributed by atoms with Crippen LogP contribution in [0.1, 0.15) is 39.5 Å². The van der Waals surface area contributed by atoms with E-state index in [2.05, 4.69) is 12.2 Å². The van der Waals surface area contributed by atoms with Crippen molar-refractivity contribution in [3.05, 3.63) is 0 Å². The molecule has 2 aliphatic rings. The van der Waals surface area contributed by atoms with E-state index in [1.165, 1.54) is 6.42 Å². The van der Waals surface area contributed by atoms with Crippen molar-refractivity contribution in [1.29, 1.82) is 0 Å². The van der Waals surface area contributed by atoms with Crippen molar-refractivity contribution in [1.82, 2.24) is 5.32 Å². The molecule has 2 rings (SSSR count). The molecule has 2 fully saturated rings. The topological polar surface area (TPSA) is 47.6 Å². The van der Waals surface area contributed by atoms with Crippen LogP contribution in [-0.4, -0.2) is 38.4 Å². The molecule has 2 unspecified atom stereocenters. The highest BCUT2D eigenvalue weighted by molar-refractivity contribution is 5.72. The van der Waals surface area contributed by atoms with Gasteiger partial charge >= 0.3 is 5.97 Å². The molecule has 0 spiro atoms. The van der Waals surface area contributed by atoms with Crippen LogP contribution in [0.25, 0.3) is 0 Å². The van der Waals surface area contributed by atoms with Crippen LogP contribution >= 0.6 is 0 Å². The Morgan fingerprint density at radius 2 is 2.22 bits per heavy atom. The molecule has 4 heteroatoms. The van der Waals surface area contributed by atoms with Crippen molar-refractivity contribution in [2.24, 2.45) is 11.3 Å². The molecule has 0 aromatic rings. The van der Waals surface area contributed by atoms with E-state index in [0.29, 0.717) is 18.1 Å². The Balaban J connectivity index is 1.74. The Morgan fingerprint density at radius 1 is 1.44 bits per heavy atom. The van der Waals surface area contributed by atoms with Crippen LogP contribution in [0.2, 0.25) is 0 Å². The number of nitrogens with one attached hydrogen (secondary N) is 1. The van der Waals surface area contributed by atoms with Crippen LogP contribution in [0, 0.1) is 11.3 Å². The van der Waals surface area contributed by atoms with Crippen molar-refractivity contribution in [2.75, 3.05) is 26.4 Å². The number of rotatable bonds is 5. The normalized spacial score (nSPS) is 30.6. The lowest BCUT2D eigenvalue weighted by atomic mass is 9.84. The van der Waals surface area contributed by atoms with Crippen molar-refractivity contribution in [3.63, 3.8) is 0 Å². The molecule has 0 aromatic carbocycles. The third-order valence-corrected chi connectivity index (χ3v) is 4.01. The summed E-state index contributed by atoms with van der Waals surface area (Å²) >= 11 is 0. The van der Waals surface area contributed by atoms with E-state index in [9.17, 15) is 4.79 Å². The quantitative estimate of drug-likeness (QED) is 0.760. The first kappa shape index (κ1) is 13.8. The number of hydrogen-bond donors (Lipinski definition) is 1. The highest BCUT2D eigenvalue weighted by Crippen LogP contribution is 2.28. The molecular formula is C14H25NO3. The average Bonchev–Trinajstić information content (AvgIpc) is 2.35. The Kier molecular flexibility index (Phi) is 4.62. The van der Waals surface area contributed by atoms with Gasteiger partial charge in [-0.25, -0.2) is 0 Å². The maximum Gasteiger partial charge on any atom is 0.308 e. The van der Waals surface area contributed by atoms with Gasteiger partial charge in [0.05, 0.1) is 25.7 Å². The van der Waals surface area contributed by atoms with Crippen LogP contribution < -0.4 is 5.32 Å². The summed E-state index contributed by atoms with van der Waals surface area (Å²) in [7, 11) is 0. The van der Waals surface area contributed by atoms with Gasteiger partial charge in [-0.05, 0) is 26.2 Å². The number of ether oxygens (including phenoxy) is 2. The van der Waals surface area contributed by atoms with Gasteiger partial charge in [-0.3, -0.25) is 4.79 Å². The Labute approximate surface area is 109 Å². The third-order valence-electron chi connectivity index (χ3n) is 4.01. The van der Waals surface area contributed by atoms with Crippen molar-refractivity contribution in [3.8, 4) is 0 Å². The molecule has 0 bridgehead atoms. The van der Waals surface area contributed by atoms with Gasteiger partial charge in [0.25, 0.3) is 0 Å². The molecule has 1 saturated carbocycles. The zero-order valence-electron chi connectivity index (χ0n) is 11.5. The maximum absolute atomic E-state index is 11.7. The SMILES string of the molecule is CCOC(=O)C1CCCC(NCC2(C)COC2)C1. The summed E-state index contributed by atoms with van der Waals surface area (Å²) in [4.78, 5) is 11.7. The van der Waals surface area contributed by atoms with Gasteiger partial charge in [0.2, 0.25) is 0 Å². The smallest absolute Gasteiger partial charge is 0.308 e. The molecule has 1 aliphatic heterocycles. The van der Waals surface area contributed by atoms with Gasteiger partial charge in [-0.2, -0.15) is 0 Å². The molecule has 104 valence electrons. The van der Waals surface area contributed by atoms with Crippen LogP contribution in [-0.2, 0) is 14.3 Å². The molecule has 1 aliphatic carbocycles. The standard InChI is InChI=1S/C14H25NO3/c1-3-18-13(16)11-5-4-6-12(7-11)15-8-14(2)9-17-10-14/h11-12,15H,3-10H2,1-2H3. The fourth-order valence-corrected chi connectivity index (χ4v) is 2.79. The van der Waals surface area contributed by atoms with Crippen LogP contribution in [0.3, 0.4) is 0 Å². The molecule has 0 aromatic heterocycles. The van der Waals surface area contributed by atoms with E-state index in [1.54, 1.807) is 0 Å². The lowest BCUT2D eigenvalue weighted by molar-refractivity contribution is -0.149. The number of hydrogen-bond acceptors (Lipinski definition) is 4. The van der Waals surface area contributed by atoms with Gasteiger partial charge in [0.1, 0.15) is 0 Å². The zero-order valence-corrected chi connectivity index (χ0v) is 11.5. The summed E-state index contributed by atoms with van der Waals surface area (Å²) in [6.45, 7) is 7.31. The highest BCUT2D eigenvalue weighted by Gasteiger charge is 2.35. The predicted octanol–water partition coefficient (Wildman–Crippen LogP) is 1.73. The molecule has 1 heterocycles. The Hall–Kier alpha value is -0.610. The van der Waals surface area contributed by atoms with Crippen molar-refractivity contribution in [2.45, 2.75) is 45.6 Å². The lowest BCUT2D eigenvalue weighted by Crippen LogP contribution is -2.50. The lowest BCUT2D eigenvalue weighted by Gasteiger charge is -2.40. The predicted molar refractivity (Wildman–Crippen MR) is 69.3 cm³/mol. The molecule has 1 saturated heterocycles. The van der Waals surface area contributed by atoms with Gasteiger partial charge < -0.3 is 14.8 Å². The van der Waals surface area contributed by atoms with E-state index in [4.69, 9.17) is 9.47 Å². The summed E-state index contributed by atoms with van der Waals surface area (Å²) < 4.78 is 10.4. The summed E-state index contributed by atoms with van der Waals surface area (Å²) in [6.07, 6.45) is 4.20. The van der Waals surface area contributed by atoms with E-state index in [-0.39, 0.29) is 11.9 Å². The molecule has 0 amide bonds. The van der Waals surface area contributed by atoms with Gasteiger partial charge in [-0.1, -0.05) is 13.3 Å². The highest BCUT2D eigenvalue weighted by atomic mass is 16.5. The summed E-state index contributed by atoms with van der Waals surface area (Å²) in [5, 5.41) is 3.60. The average molecular weight is 255 g/mol. The van der Waals surface area contributed by atoms with E-state index in [1.807, 2.05) is 6.92 Å². The van der Waals surface area contributed by atoms with Crippen LogP contribution in [0.15, 0.2) is 0 Å². The molecule has 0 radical (unpaired) electrons. The second-order valence-electron chi connectivity index (χ2n) is 6.00. The summed E-state index contributed by atoms with van der Waals surface area (Å²) in [5.41, 5.74) is 0.302. The first-order valence-electron chi connectivity index (χ1n) is 7.11. The van der Waals surface area contributed by atoms with Crippen LogP contribution in [0.4, 0.5) is 0 Å². The van der Waals surface area contributed by atoms with Crippen molar-refractivity contribution < 1.29 is 14.3 Å². The van der Waals surface area contributed by atoms with Gasteiger partial charge in [0.15, 0.2) is 0 Å². The number of carbonyl (C=O) groups is 1. The summed E-state index contributed by atoms with van der Waals surface area (Å²) in [6, 6.07) is 0.464. The number of esters is 1. The minimum Gasteiger partial charge on any atom is -0.466 e. The minimum absolute atomic E-state index is 0.0119. The monoisotopic (exact) mass is 255 g/mol. The Morgan fingerprint density at radius 3 is 2.83 bits per heavy atom. The fraction of sp³-hybridized carbons (Fsp3) is 0.929. The van der Waals surface area contributed by atoms with Crippen molar-refractivity contribution >= 4 is 5.97 Å². The number of carbonyl (C=O) groups excluding carboxylic acids is 1. The summed E-state index contributed by atoms with van der Waals surface area (Å²) in [5.74, 6) is 0.0869. The minimum atomic E-state index is -0.0119. The largest absolute Gasteiger partial charge is 0.466 e. The van der Waals surface area contributed by atoms with E-state index < -0.39 is 0 Å². The van der Waals surface area contributed by atoms with Gasteiger partial charge in [0, 0.05) is 18.0 Å². The molecule has 18 heavy (non-hydrogen) atoms. The molecule has 4 nitrogen and oxygen atoms in total. The van der Waals surface area contributed by atoms with Gasteiger partial charge in [-0.15, -0.1) is 0 Å². The second kappa shape index (κ2) is 6.02. The third kappa shape index (κ3) is 3.45. The molecule has 2 atom stereocenters. The fourth-order valence-electron chi connectivity index (χ4n) is 2.79. The second-order valence-corrected chi connectivity index (χ2v) is 6.00. The first-order valence-corrected chi connectivity index (χ1v) is 7.11. The molecule has 1 N–H and O–H groups in total. The van der Waals surface area contributed by atoms with Crippen LogP contribution in [0.5, 0.6) is 0 Å². The zero-order chi connectivity index (χ0) is 13.0.